The first kappa shape index (κ1) is 19.3. The molecule has 1 atom stereocenters. The van der Waals surface area contributed by atoms with Gasteiger partial charge in [-0.3, -0.25) is 10.1 Å². The lowest BCUT2D eigenvalue weighted by atomic mass is 9.97. The van der Waals surface area contributed by atoms with Gasteiger partial charge in [0.25, 0.3) is 5.69 Å². The number of nitro groups is 1. The third-order valence-corrected chi connectivity index (χ3v) is 4.87. The van der Waals surface area contributed by atoms with Gasteiger partial charge in [-0.05, 0) is 34.9 Å². The van der Waals surface area contributed by atoms with Crippen molar-refractivity contribution in [2.24, 2.45) is 0 Å². The molecule has 0 spiro atoms. The second kappa shape index (κ2) is 8.57. The zero-order chi connectivity index (χ0) is 20.9. The van der Waals surface area contributed by atoms with Crippen LogP contribution in [0.25, 0.3) is 0 Å². The minimum Gasteiger partial charge on any atom is -0.375 e. The molecule has 0 aliphatic heterocycles. The van der Waals surface area contributed by atoms with Gasteiger partial charge in [-0.15, -0.1) is 0 Å². The SMILES string of the molecule is O=[N+]([O-])c1cc(C(c2ccccc2)n2ccnc2)ccc1NCc1ccc(F)cc1. The fourth-order valence-electron chi connectivity index (χ4n) is 3.41. The smallest absolute Gasteiger partial charge is 0.292 e. The molecule has 0 aliphatic carbocycles. The molecular formula is C23H19FN4O2. The molecule has 0 radical (unpaired) electrons. The third-order valence-electron chi connectivity index (χ3n) is 4.87. The van der Waals surface area contributed by atoms with E-state index in [0.717, 1.165) is 16.7 Å². The number of rotatable bonds is 7. The number of nitrogens with one attached hydrogen (secondary N) is 1. The second-order valence-corrected chi connectivity index (χ2v) is 6.84. The Labute approximate surface area is 172 Å². The van der Waals surface area contributed by atoms with Crippen LogP contribution in [0, 0.1) is 15.9 Å². The zero-order valence-corrected chi connectivity index (χ0v) is 16.0. The lowest BCUT2D eigenvalue weighted by molar-refractivity contribution is -0.384. The second-order valence-electron chi connectivity index (χ2n) is 6.84. The van der Waals surface area contributed by atoms with Gasteiger partial charge in [0.2, 0.25) is 0 Å². The van der Waals surface area contributed by atoms with E-state index in [1.165, 1.54) is 12.1 Å². The van der Waals surface area contributed by atoms with Crippen LogP contribution in [0.3, 0.4) is 0 Å². The van der Waals surface area contributed by atoms with Crippen LogP contribution in [0.1, 0.15) is 22.7 Å². The Morgan fingerprint density at radius 1 is 1.03 bits per heavy atom. The molecule has 1 unspecified atom stereocenters. The summed E-state index contributed by atoms with van der Waals surface area (Å²) in [5.41, 5.74) is 2.99. The molecule has 6 nitrogen and oxygen atoms in total. The molecule has 3 aromatic carbocycles. The van der Waals surface area contributed by atoms with Gasteiger partial charge in [-0.1, -0.05) is 48.5 Å². The predicted molar refractivity (Wildman–Crippen MR) is 113 cm³/mol. The minimum absolute atomic E-state index is 0.0179. The normalized spacial score (nSPS) is 11.8. The number of aromatic nitrogens is 2. The van der Waals surface area contributed by atoms with Crippen molar-refractivity contribution in [2.45, 2.75) is 12.6 Å². The Morgan fingerprint density at radius 3 is 2.47 bits per heavy atom. The van der Waals surface area contributed by atoms with E-state index in [-0.39, 0.29) is 17.5 Å². The molecule has 150 valence electrons. The van der Waals surface area contributed by atoms with Gasteiger partial charge in [0.15, 0.2) is 0 Å². The first-order valence-electron chi connectivity index (χ1n) is 9.41. The summed E-state index contributed by atoms with van der Waals surface area (Å²) < 4.78 is 15.0. The molecule has 30 heavy (non-hydrogen) atoms. The standard InChI is InChI=1S/C23H19FN4O2/c24-20-9-6-17(7-10-20)15-26-21-11-8-19(14-22(21)28(29)30)23(27-13-12-25-16-27)18-4-2-1-3-5-18/h1-14,16,23,26H,15H2. The van der Waals surface area contributed by atoms with Crippen molar-refractivity contribution in [3.63, 3.8) is 0 Å². The van der Waals surface area contributed by atoms with Crippen LogP contribution in [0.5, 0.6) is 0 Å². The van der Waals surface area contributed by atoms with E-state index in [9.17, 15) is 14.5 Å². The highest BCUT2D eigenvalue weighted by atomic mass is 19.1. The van der Waals surface area contributed by atoms with Crippen LogP contribution in [-0.4, -0.2) is 14.5 Å². The topological polar surface area (TPSA) is 73.0 Å². The fourth-order valence-corrected chi connectivity index (χ4v) is 3.41. The number of nitro benzene ring substituents is 1. The molecular weight excluding hydrogens is 383 g/mol. The van der Waals surface area contributed by atoms with Crippen molar-refractivity contribution in [1.82, 2.24) is 9.55 Å². The van der Waals surface area contributed by atoms with Crippen LogP contribution in [0.2, 0.25) is 0 Å². The maximum Gasteiger partial charge on any atom is 0.292 e. The number of nitrogens with zero attached hydrogens (tertiary/aromatic N) is 3. The maximum absolute atomic E-state index is 13.1. The quantitative estimate of drug-likeness (QED) is 0.341. The van der Waals surface area contributed by atoms with Crippen molar-refractivity contribution in [1.29, 1.82) is 0 Å². The Hall–Kier alpha value is -4.00. The molecule has 4 aromatic rings. The summed E-state index contributed by atoms with van der Waals surface area (Å²) in [7, 11) is 0. The Bertz CT molecular complexity index is 1130. The lowest BCUT2D eigenvalue weighted by Gasteiger charge is -2.20. The molecule has 1 aromatic heterocycles. The molecule has 0 saturated heterocycles. The highest BCUT2D eigenvalue weighted by Crippen LogP contribution is 2.33. The summed E-state index contributed by atoms with van der Waals surface area (Å²) in [4.78, 5) is 15.5. The van der Waals surface area contributed by atoms with E-state index in [4.69, 9.17) is 0 Å². The molecule has 1 N–H and O–H groups in total. The minimum atomic E-state index is -0.396. The summed E-state index contributed by atoms with van der Waals surface area (Å²) in [5, 5.41) is 14.9. The number of hydrogen-bond acceptors (Lipinski definition) is 4. The monoisotopic (exact) mass is 402 g/mol. The van der Waals surface area contributed by atoms with Gasteiger partial charge in [-0.25, -0.2) is 9.37 Å². The van der Waals surface area contributed by atoms with E-state index in [0.29, 0.717) is 12.2 Å². The van der Waals surface area contributed by atoms with Gasteiger partial charge in [0.1, 0.15) is 11.5 Å². The van der Waals surface area contributed by atoms with Gasteiger partial charge in [0, 0.05) is 25.0 Å². The third kappa shape index (κ3) is 4.20. The first-order chi connectivity index (χ1) is 14.6. The number of hydrogen-bond donors (Lipinski definition) is 1. The summed E-state index contributed by atoms with van der Waals surface area (Å²) in [6.45, 7) is 0.351. The Kier molecular flexibility index (Phi) is 5.52. The predicted octanol–water partition coefficient (Wildman–Crippen LogP) is 5.18. The van der Waals surface area contributed by atoms with E-state index < -0.39 is 4.92 Å². The highest BCUT2D eigenvalue weighted by Gasteiger charge is 2.21. The van der Waals surface area contributed by atoms with Crippen molar-refractivity contribution in [3.8, 4) is 0 Å². The molecule has 0 amide bonds. The van der Waals surface area contributed by atoms with E-state index in [1.54, 1.807) is 36.8 Å². The number of benzene rings is 3. The van der Waals surface area contributed by atoms with Crippen molar-refractivity contribution >= 4 is 11.4 Å². The number of halogens is 1. The number of anilines is 1. The fraction of sp³-hybridized carbons (Fsp3) is 0.0870. The van der Waals surface area contributed by atoms with Gasteiger partial charge in [-0.2, -0.15) is 0 Å². The summed E-state index contributed by atoms with van der Waals surface area (Å²) in [5.74, 6) is -0.319. The largest absolute Gasteiger partial charge is 0.375 e. The summed E-state index contributed by atoms with van der Waals surface area (Å²) in [6.07, 6.45) is 5.22. The average molecular weight is 402 g/mol. The Morgan fingerprint density at radius 2 is 1.80 bits per heavy atom. The molecule has 4 rings (SSSR count). The van der Waals surface area contributed by atoms with E-state index in [1.807, 2.05) is 47.2 Å². The summed E-state index contributed by atoms with van der Waals surface area (Å²) >= 11 is 0. The van der Waals surface area contributed by atoms with Crippen LogP contribution in [0.4, 0.5) is 15.8 Å². The Balaban J connectivity index is 1.67. The van der Waals surface area contributed by atoms with Crippen LogP contribution in [0.15, 0.2) is 91.5 Å². The molecule has 0 fully saturated rings. The van der Waals surface area contributed by atoms with Crippen molar-refractivity contribution in [2.75, 3.05) is 5.32 Å². The molecule has 7 heteroatoms. The van der Waals surface area contributed by atoms with Gasteiger partial charge in [0.05, 0.1) is 17.3 Å². The molecule has 1 heterocycles. The van der Waals surface area contributed by atoms with E-state index >= 15 is 0 Å². The van der Waals surface area contributed by atoms with Gasteiger partial charge >= 0.3 is 0 Å². The lowest BCUT2D eigenvalue weighted by Crippen LogP contribution is -2.11. The first-order valence-corrected chi connectivity index (χ1v) is 9.41. The molecule has 0 bridgehead atoms. The zero-order valence-electron chi connectivity index (χ0n) is 16.0. The van der Waals surface area contributed by atoms with Crippen molar-refractivity contribution in [3.05, 3.63) is 124 Å². The van der Waals surface area contributed by atoms with Crippen LogP contribution >= 0.6 is 0 Å². The molecule has 0 saturated carbocycles. The maximum atomic E-state index is 13.1. The van der Waals surface area contributed by atoms with Crippen molar-refractivity contribution < 1.29 is 9.31 Å². The molecule has 0 aliphatic rings. The van der Waals surface area contributed by atoms with Gasteiger partial charge < -0.3 is 9.88 Å². The average Bonchev–Trinajstić information content (AvgIpc) is 3.29. The van der Waals surface area contributed by atoms with Crippen LogP contribution in [-0.2, 0) is 6.54 Å². The van der Waals surface area contributed by atoms with Crippen LogP contribution < -0.4 is 5.32 Å². The highest BCUT2D eigenvalue weighted by molar-refractivity contribution is 5.63. The van der Waals surface area contributed by atoms with E-state index in [2.05, 4.69) is 10.3 Å². The number of imidazole rings is 1. The summed E-state index contributed by atoms with van der Waals surface area (Å²) in [6, 6.07) is 20.7.